The zero-order chi connectivity index (χ0) is 49.5. The Morgan fingerprint density at radius 2 is 0.618 bits per heavy atom. The van der Waals surface area contributed by atoms with Gasteiger partial charge in [0.05, 0.1) is 18.8 Å². The lowest BCUT2D eigenvalue weighted by Crippen LogP contribution is -2.53. The molecule has 0 aliphatic rings. The monoisotopic (exact) mass is 958 g/mol. The van der Waals surface area contributed by atoms with Crippen LogP contribution in [-0.2, 0) is 4.79 Å². The van der Waals surface area contributed by atoms with E-state index < -0.39 is 36.9 Å². The molecule has 0 fully saturated rings. The van der Waals surface area contributed by atoms with Crippen LogP contribution in [0.2, 0.25) is 0 Å². The van der Waals surface area contributed by atoms with Crippen LogP contribution in [0.1, 0.15) is 322 Å². The standard InChI is InChI=1S/C62H119NO5/c1-3-5-7-9-11-13-15-17-19-21-23-25-27-28-29-30-31-32-34-35-37-39-41-43-45-47-49-51-53-55-59(65)61(67)58(57-64)63-62(68)60(66)56-54-52-50-48-46-44-42-40-38-36-33-26-24-22-20-18-16-14-12-10-8-6-4-2/h36,38-39,41,47,49,58-61,64-67H,3-35,37,40,42-46,48,50-57H2,1-2H3,(H,63,68)/b38-36-,41-39+,49-47+. The first-order chi connectivity index (χ1) is 33.5. The Labute approximate surface area is 424 Å². The molecular weight excluding hydrogens is 839 g/mol. The van der Waals surface area contributed by atoms with Crippen LogP contribution in [0.25, 0.3) is 0 Å². The molecule has 5 N–H and O–H groups in total. The number of unbranched alkanes of at least 4 members (excludes halogenated alkanes) is 41. The average Bonchev–Trinajstić information content (AvgIpc) is 3.34. The van der Waals surface area contributed by atoms with Gasteiger partial charge in [-0.25, -0.2) is 0 Å². The van der Waals surface area contributed by atoms with Gasteiger partial charge in [-0.05, 0) is 77.0 Å². The van der Waals surface area contributed by atoms with Crippen molar-refractivity contribution in [3.05, 3.63) is 36.5 Å². The zero-order valence-electron chi connectivity index (χ0n) is 45.6. The molecule has 0 radical (unpaired) electrons. The highest BCUT2D eigenvalue weighted by Gasteiger charge is 2.28. The smallest absolute Gasteiger partial charge is 0.249 e. The van der Waals surface area contributed by atoms with Gasteiger partial charge < -0.3 is 25.7 Å². The molecule has 6 heteroatoms. The highest BCUT2D eigenvalue weighted by Crippen LogP contribution is 2.18. The Morgan fingerprint density at radius 1 is 0.353 bits per heavy atom. The minimum absolute atomic E-state index is 0.356. The molecule has 6 nitrogen and oxygen atoms in total. The predicted molar refractivity (Wildman–Crippen MR) is 297 cm³/mol. The summed E-state index contributed by atoms with van der Waals surface area (Å²) in [5.41, 5.74) is 0. The van der Waals surface area contributed by atoms with Gasteiger partial charge in [-0.1, -0.05) is 281 Å². The lowest BCUT2D eigenvalue weighted by Gasteiger charge is -2.27. The molecule has 0 saturated carbocycles. The fourth-order valence-corrected chi connectivity index (χ4v) is 9.54. The summed E-state index contributed by atoms with van der Waals surface area (Å²) in [7, 11) is 0. The molecule has 0 aromatic carbocycles. The summed E-state index contributed by atoms with van der Waals surface area (Å²) >= 11 is 0. The number of allylic oxidation sites excluding steroid dienone is 6. The van der Waals surface area contributed by atoms with Crippen LogP contribution in [0.15, 0.2) is 36.5 Å². The van der Waals surface area contributed by atoms with Crippen LogP contribution >= 0.6 is 0 Å². The Hall–Kier alpha value is -1.47. The summed E-state index contributed by atoms with van der Waals surface area (Å²) in [4.78, 5) is 12.6. The van der Waals surface area contributed by atoms with Crippen molar-refractivity contribution < 1.29 is 25.2 Å². The van der Waals surface area contributed by atoms with Crippen molar-refractivity contribution in [1.29, 1.82) is 0 Å². The van der Waals surface area contributed by atoms with Crippen LogP contribution in [0, 0.1) is 0 Å². The van der Waals surface area contributed by atoms with E-state index in [1.165, 1.54) is 250 Å². The number of hydrogen-bond donors (Lipinski definition) is 5. The van der Waals surface area contributed by atoms with Crippen molar-refractivity contribution in [3.8, 4) is 0 Å². The molecule has 402 valence electrons. The first-order valence-electron chi connectivity index (χ1n) is 30.4. The Kier molecular flexibility index (Phi) is 55.2. The first kappa shape index (κ1) is 66.5. The second kappa shape index (κ2) is 56.4. The van der Waals surface area contributed by atoms with E-state index in [2.05, 4.69) is 55.6 Å². The van der Waals surface area contributed by atoms with Crippen molar-refractivity contribution in [2.24, 2.45) is 0 Å². The fraction of sp³-hybridized carbons (Fsp3) is 0.887. The molecule has 0 aromatic heterocycles. The van der Waals surface area contributed by atoms with E-state index in [1.807, 2.05) is 0 Å². The summed E-state index contributed by atoms with van der Waals surface area (Å²) in [6.07, 6.45) is 70.9. The van der Waals surface area contributed by atoms with E-state index in [0.717, 1.165) is 38.5 Å². The van der Waals surface area contributed by atoms with Gasteiger partial charge in [0.1, 0.15) is 12.2 Å². The molecule has 0 rings (SSSR count). The lowest BCUT2D eigenvalue weighted by molar-refractivity contribution is -0.132. The minimum Gasteiger partial charge on any atom is -0.394 e. The van der Waals surface area contributed by atoms with Gasteiger partial charge in [0, 0.05) is 0 Å². The van der Waals surface area contributed by atoms with Crippen LogP contribution in [0.5, 0.6) is 0 Å². The predicted octanol–water partition coefficient (Wildman–Crippen LogP) is 18.0. The molecule has 0 spiro atoms. The summed E-state index contributed by atoms with van der Waals surface area (Å²) in [5, 5.41) is 44.0. The molecule has 0 aromatic rings. The number of amides is 1. The third-order valence-electron chi connectivity index (χ3n) is 14.3. The van der Waals surface area contributed by atoms with Crippen molar-refractivity contribution in [3.63, 3.8) is 0 Å². The van der Waals surface area contributed by atoms with Gasteiger partial charge in [0.15, 0.2) is 0 Å². The number of carbonyl (C=O) groups is 1. The average molecular weight is 959 g/mol. The van der Waals surface area contributed by atoms with Crippen LogP contribution < -0.4 is 5.32 Å². The molecule has 0 heterocycles. The minimum atomic E-state index is -1.29. The van der Waals surface area contributed by atoms with Crippen molar-refractivity contribution >= 4 is 5.91 Å². The summed E-state index contributed by atoms with van der Waals surface area (Å²) in [6.45, 7) is 4.08. The molecule has 0 saturated heterocycles. The molecule has 0 aliphatic carbocycles. The van der Waals surface area contributed by atoms with Crippen LogP contribution in [0.3, 0.4) is 0 Å². The third-order valence-corrected chi connectivity index (χ3v) is 14.3. The number of aliphatic hydroxyl groups excluding tert-OH is 4. The number of nitrogens with one attached hydrogen (secondary N) is 1. The molecule has 1 amide bonds. The maximum absolute atomic E-state index is 12.6. The molecule has 0 bridgehead atoms. The summed E-state index contributed by atoms with van der Waals surface area (Å²) in [5.74, 6) is -0.597. The zero-order valence-corrected chi connectivity index (χ0v) is 45.6. The Balaban J connectivity index is 3.66. The van der Waals surface area contributed by atoms with E-state index in [4.69, 9.17) is 0 Å². The highest BCUT2D eigenvalue weighted by molar-refractivity contribution is 5.80. The number of carbonyl (C=O) groups excluding carboxylic acids is 1. The summed E-state index contributed by atoms with van der Waals surface area (Å²) < 4.78 is 0. The van der Waals surface area contributed by atoms with E-state index in [-0.39, 0.29) is 0 Å². The molecular formula is C62H119NO5. The van der Waals surface area contributed by atoms with Gasteiger partial charge in [0.25, 0.3) is 0 Å². The number of hydrogen-bond acceptors (Lipinski definition) is 5. The normalized spacial score (nSPS) is 13.9. The van der Waals surface area contributed by atoms with Crippen molar-refractivity contribution in [2.45, 2.75) is 346 Å². The Bertz CT molecular complexity index is 1080. The second-order valence-electron chi connectivity index (χ2n) is 21.0. The SMILES string of the molecule is CCCCCCCCCCCCCC/C=C\CCCCCCCCCC(O)C(=O)NC(CO)C(O)C(O)CCC/C=C/CC/C=C/CCCCCCCCCCCCCCCCCCCCCC. The number of aliphatic hydroxyl groups is 4. The quantitative estimate of drug-likeness (QED) is 0.0308. The van der Waals surface area contributed by atoms with E-state index in [0.29, 0.717) is 19.3 Å². The number of rotatable bonds is 56. The van der Waals surface area contributed by atoms with Gasteiger partial charge >= 0.3 is 0 Å². The topological polar surface area (TPSA) is 110 Å². The van der Waals surface area contributed by atoms with E-state index >= 15 is 0 Å². The van der Waals surface area contributed by atoms with Crippen LogP contribution in [-0.4, -0.2) is 57.3 Å². The van der Waals surface area contributed by atoms with Gasteiger partial charge in [-0.3, -0.25) is 4.79 Å². The van der Waals surface area contributed by atoms with Crippen molar-refractivity contribution in [2.75, 3.05) is 6.61 Å². The van der Waals surface area contributed by atoms with Crippen LogP contribution in [0.4, 0.5) is 0 Å². The molecule has 4 atom stereocenters. The van der Waals surface area contributed by atoms with Gasteiger partial charge in [-0.2, -0.15) is 0 Å². The fourth-order valence-electron chi connectivity index (χ4n) is 9.54. The van der Waals surface area contributed by atoms with E-state index in [9.17, 15) is 25.2 Å². The van der Waals surface area contributed by atoms with Crippen molar-refractivity contribution in [1.82, 2.24) is 5.32 Å². The third kappa shape index (κ3) is 49.5. The van der Waals surface area contributed by atoms with Gasteiger partial charge in [0.2, 0.25) is 5.91 Å². The second-order valence-corrected chi connectivity index (χ2v) is 21.0. The van der Waals surface area contributed by atoms with Gasteiger partial charge in [-0.15, -0.1) is 0 Å². The molecule has 4 unspecified atom stereocenters. The first-order valence-corrected chi connectivity index (χ1v) is 30.4. The lowest BCUT2D eigenvalue weighted by atomic mass is 10.00. The maximum atomic E-state index is 12.6. The molecule has 68 heavy (non-hydrogen) atoms. The highest BCUT2D eigenvalue weighted by atomic mass is 16.3. The Morgan fingerprint density at radius 3 is 0.926 bits per heavy atom. The maximum Gasteiger partial charge on any atom is 0.249 e. The largest absolute Gasteiger partial charge is 0.394 e. The molecule has 0 aliphatic heterocycles. The summed E-state index contributed by atoms with van der Waals surface area (Å²) in [6, 6.07) is -1.01. The van der Waals surface area contributed by atoms with E-state index in [1.54, 1.807) is 0 Å².